The minimum absolute atomic E-state index is 0.0269. The predicted octanol–water partition coefficient (Wildman–Crippen LogP) is 8.96. The molecule has 0 spiro atoms. The highest BCUT2D eigenvalue weighted by molar-refractivity contribution is 5.87. The van der Waals surface area contributed by atoms with Crippen LogP contribution in [-0.2, 0) is 16.0 Å². The van der Waals surface area contributed by atoms with Gasteiger partial charge in [-0.2, -0.15) is 0 Å². The van der Waals surface area contributed by atoms with E-state index in [4.69, 9.17) is 0 Å². The largest absolute Gasteiger partial charge is 0.354 e. The van der Waals surface area contributed by atoms with Crippen LogP contribution in [0.5, 0.6) is 0 Å². The number of amides is 2. The van der Waals surface area contributed by atoms with Gasteiger partial charge >= 0.3 is 0 Å². The van der Waals surface area contributed by atoms with E-state index < -0.39 is 6.04 Å². The number of carbonyl (C=O) groups excluding carboxylic acids is 2. The average Bonchev–Trinajstić information content (AvgIpc) is 3.47. The van der Waals surface area contributed by atoms with Crippen LogP contribution in [0.3, 0.4) is 0 Å². The van der Waals surface area contributed by atoms with Crippen molar-refractivity contribution in [3.8, 4) is 0 Å². The normalized spacial score (nSPS) is 11.9. The van der Waals surface area contributed by atoms with Gasteiger partial charge in [0.2, 0.25) is 11.8 Å². The maximum atomic E-state index is 12.9. The number of carbonyl (C=O) groups is 2. The monoisotopic (exact) mass is 561 g/mol. The number of hydrogen-bond acceptors (Lipinski definition) is 3. The molecule has 0 fully saturated rings. The zero-order valence-electron chi connectivity index (χ0n) is 26.4. The first-order valence-electron chi connectivity index (χ1n) is 17.2. The quantitative estimate of drug-likeness (QED) is 0.0855. The number of nitrogens with one attached hydrogen (secondary N) is 3. The summed E-state index contributed by atoms with van der Waals surface area (Å²) in [6.45, 7) is 5.20. The fourth-order valence-corrected chi connectivity index (χ4v) is 5.34. The molecule has 0 saturated heterocycles. The molecule has 1 aromatic rings. The van der Waals surface area contributed by atoms with Gasteiger partial charge in [0, 0.05) is 31.3 Å². The van der Waals surface area contributed by atoms with E-state index in [-0.39, 0.29) is 11.8 Å². The van der Waals surface area contributed by atoms with Gasteiger partial charge in [-0.05, 0) is 12.8 Å². The third-order valence-corrected chi connectivity index (χ3v) is 7.97. The fourth-order valence-electron chi connectivity index (χ4n) is 5.34. The molecule has 6 heteroatoms. The Bertz CT molecular complexity index is 692. The number of hydrogen-bond donors (Lipinski definition) is 3. The Labute approximate surface area is 247 Å². The van der Waals surface area contributed by atoms with Gasteiger partial charge in [-0.15, -0.1) is 0 Å². The van der Waals surface area contributed by atoms with Crippen LogP contribution < -0.4 is 10.6 Å². The van der Waals surface area contributed by atoms with E-state index in [0.29, 0.717) is 19.4 Å². The van der Waals surface area contributed by atoms with Gasteiger partial charge in [-0.1, -0.05) is 149 Å². The van der Waals surface area contributed by atoms with Crippen LogP contribution in [0.2, 0.25) is 0 Å². The number of imidazole rings is 1. The molecule has 232 valence electrons. The molecule has 3 N–H and O–H groups in total. The molecule has 1 atom stereocenters. The summed E-state index contributed by atoms with van der Waals surface area (Å²) >= 11 is 0. The molecule has 1 rings (SSSR count). The lowest BCUT2D eigenvalue weighted by molar-refractivity contribution is -0.129. The highest BCUT2D eigenvalue weighted by atomic mass is 16.2. The molecule has 6 nitrogen and oxygen atoms in total. The smallest absolute Gasteiger partial charge is 0.242 e. The number of H-pyrrole nitrogens is 1. The standard InChI is InChI=1S/C34H64N4O2/c1-3-5-7-9-11-13-15-17-19-21-23-25-27-36-34(40)32(28-31-29-35-30-37-31)38-33(39)26-24-22-20-18-16-14-12-10-8-6-4-2/h29-30,32H,3-28H2,1-2H3,(H,35,37)(H,36,40)(H,38,39). The summed E-state index contributed by atoms with van der Waals surface area (Å²) in [4.78, 5) is 32.6. The van der Waals surface area contributed by atoms with Gasteiger partial charge in [0.25, 0.3) is 0 Å². The van der Waals surface area contributed by atoms with Crippen LogP contribution in [0.4, 0.5) is 0 Å². The van der Waals surface area contributed by atoms with Gasteiger partial charge in [0.15, 0.2) is 0 Å². The van der Waals surface area contributed by atoms with E-state index in [1.54, 1.807) is 12.5 Å². The van der Waals surface area contributed by atoms with Gasteiger partial charge < -0.3 is 15.6 Å². The molecule has 0 aliphatic heterocycles. The summed E-state index contributed by atoms with van der Waals surface area (Å²) < 4.78 is 0. The van der Waals surface area contributed by atoms with Crippen molar-refractivity contribution in [2.75, 3.05) is 6.54 Å². The maximum absolute atomic E-state index is 12.9. The predicted molar refractivity (Wildman–Crippen MR) is 169 cm³/mol. The SMILES string of the molecule is CCCCCCCCCCCCCCNC(=O)C(Cc1cnc[nH]1)NC(=O)CCCCCCCCCCCCC. The number of unbranched alkanes of at least 4 members (excludes halogenated alkanes) is 21. The second-order valence-corrected chi connectivity index (χ2v) is 11.9. The molecule has 1 unspecified atom stereocenters. The molecule has 0 bridgehead atoms. The number of rotatable bonds is 29. The van der Waals surface area contributed by atoms with Crippen LogP contribution in [0.25, 0.3) is 0 Å². The summed E-state index contributed by atoms with van der Waals surface area (Å²) in [6, 6.07) is -0.557. The average molecular weight is 561 g/mol. The van der Waals surface area contributed by atoms with Crippen LogP contribution in [0, 0.1) is 0 Å². The Kier molecular flexibility index (Phi) is 24.7. The summed E-state index contributed by atoms with van der Waals surface area (Å²) in [7, 11) is 0. The number of nitrogens with zero attached hydrogens (tertiary/aromatic N) is 1. The van der Waals surface area contributed by atoms with Crippen molar-refractivity contribution in [3.05, 3.63) is 18.2 Å². The highest BCUT2D eigenvalue weighted by Crippen LogP contribution is 2.13. The van der Waals surface area contributed by atoms with Crippen LogP contribution in [-0.4, -0.2) is 34.4 Å². The van der Waals surface area contributed by atoms with E-state index in [0.717, 1.165) is 31.4 Å². The topological polar surface area (TPSA) is 86.9 Å². The van der Waals surface area contributed by atoms with E-state index in [1.165, 1.54) is 122 Å². The second-order valence-electron chi connectivity index (χ2n) is 11.9. The van der Waals surface area contributed by atoms with Crippen LogP contribution in [0.15, 0.2) is 12.5 Å². The van der Waals surface area contributed by atoms with Gasteiger partial charge in [0.05, 0.1) is 6.33 Å². The van der Waals surface area contributed by atoms with Crippen LogP contribution >= 0.6 is 0 Å². The lowest BCUT2D eigenvalue weighted by Crippen LogP contribution is -2.48. The third kappa shape index (κ3) is 21.9. The molecular weight excluding hydrogens is 496 g/mol. The molecule has 1 aromatic heterocycles. The third-order valence-electron chi connectivity index (χ3n) is 7.97. The molecule has 0 saturated carbocycles. The highest BCUT2D eigenvalue weighted by Gasteiger charge is 2.21. The van der Waals surface area contributed by atoms with E-state index in [9.17, 15) is 9.59 Å². The van der Waals surface area contributed by atoms with Crippen molar-refractivity contribution in [1.29, 1.82) is 0 Å². The first-order valence-corrected chi connectivity index (χ1v) is 17.2. The van der Waals surface area contributed by atoms with Crippen molar-refractivity contribution >= 4 is 11.8 Å². The van der Waals surface area contributed by atoms with E-state index in [2.05, 4.69) is 34.4 Å². The van der Waals surface area contributed by atoms with Crippen molar-refractivity contribution < 1.29 is 9.59 Å². The maximum Gasteiger partial charge on any atom is 0.242 e. The van der Waals surface area contributed by atoms with Crippen molar-refractivity contribution in [1.82, 2.24) is 20.6 Å². The summed E-state index contributed by atoms with van der Waals surface area (Å²) in [5, 5.41) is 6.05. The molecule has 2 amide bonds. The molecular formula is C34H64N4O2. The van der Waals surface area contributed by atoms with E-state index >= 15 is 0 Å². The van der Waals surface area contributed by atoms with Crippen LogP contribution in [0.1, 0.15) is 174 Å². The molecule has 0 aliphatic rings. The molecule has 1 heterocycles. The lowest BCUT2D eigenvalue weighted by Gasteiger charge is -2.18. The summed E-state index contributed by atoms with van der Waals surface area (Å²) in [5.41, 5.74) is 0.862. The summed E-state index contributed by atoms with van der Waals surface area (Å²) in [6.07, 6.45) is 33.8. The fraction of sp³-hybridized carbons (Fsp3) is 0.853. The zero-order valence-corrected chi connectivity index (χ0v) is 26.4. The van der Waals surface area contributed by atoms with Gasteiger partial charge in [-0.25, -0.2) is 4.98 Å². The molecule has 0 aromatic carbocycles. The van der Waals surface area contributed by atoms with Crippen molar-refractivity contribution in [3.63, 3.8) is 0 Å². The second kappa shape index (κ2) is 27.3. The summed E-state index contributed by atoms with van der Waals surface area (Å²) in [5.74, 6) is -0.120. The van der Waals surface area contributed by atoms with Crippen molar-refractivity contribution in [2.24, 2.45) is 0 Å². The Morgan fingerprint density at radius 2 is 1.12 bits per heavy atom. The molecule has 0 radical (unpaired) electrons. The first kappa shape index (κ1) is 36.2. The molecule has 0 aliphatic carbocycles. The molecule has 40 heavy (non-hydrogen) atoms. The Hall–Kier alpha value is -1.85. The van der Waals surface area contributed by atoms with E-state index in [1.807, 2.05) is 0 Å². The Balaban J connectivity index is 2.14. The number of aromatic amines is 1. The van der Waals surface area contributed by atoms with Crippen molar-refractivity contribution in [2.45, 2.75) is 180 Å². The minimum Gasteiger partial charge on any atom is -0.354 e. The van der Waals surface area contributed by atoms with Gasteiger partial charge in [0.1, 0.15) is 6.04 Å². The Morgan fingerprint density at radius 1 is 0.675 bits per heavy atom. The minimum atomic E-state index is -0.557. The first-order chi connectivity index (χ1) is 19.7. The number of aromatic nitrogens is 2. The van der Waals surface area contributed by atoms with Gasteiger partial charge in [-0.3, -0.25) is 9.59 Å². The Morgan fingerprint density at radius 3 is 1.57 bits per heavy atom. The lowest BCUT2D eigenvalue weighted by atomic mass is 10.0. The zero-order chi connectivity index (χ0) is 28.9.